The van der Waals surface area contributed by atoms with Gasteiger partial charge in [0, 0.05) is 38.4 Å². The van der Waals surface area contributed by atoms with Gasteiger partial charge in [-0.25, -0.2) is 14.6 Å². The first-order valence-electron chi connectivity index (χ1n) is 17.4. The molecule has 5 N–H and O–H groups in total. The summed E-state index contributed by atoms with van der Waals surface area (Å²) in [6, 6.07) is 5.25. The zero-order chi connectivity index (χ0) is 39.5. The van der Waals surface area contributed by atoms with Crippen molar-refractivity contribution in [1.82, 2.24) is 10.3 Å². The molecule has 5 rings (SSSR count). The second-order valence-electron chi connectivity index (χ2n) is 14.1. The number of epoxide rings is 1. The highest BCUT2D eigenvalue weighted by Gasteiger charge is 2.64. The fraction of sp³-hybridized carbons (Fsp3) is 0.436. The van der Waals surface area contributed by atoms with E-state index in [-0.39, 0.29) is 23.7 Å². The molecule has 2 aromatic rings. The van der Waals surface area contributed by atoms with Crippen molar-refractivity contribution in [3.63, 3.8) is 0 Å². The molecule has 4 heterocycles. The van der Waals surface area contributed by atoms with Gasteiger partial charge in [0.1, 0.15) is 40.5 Å². The standard InChI is InChI=1S/C39H48ClN5O9/c1-9-26(41)17-25-20-42-32(14-22(25)3)43-36(47)53-31-18-33(46)45(6)27-15-24(16-28(50-7)34(27)40)13-21(2)11-10-12-30(51-8)39(49)19-29(52-37(48)44-39)23(4)35-38(31,5)54-35/h9-12,14-17,20,23,29-31,35,49H,1,13,18-19,41H2,2-8H3,(H,44,48)(H,42,43,47)/b12-10+,21-11+,26-17+/t23-,29+,30-,31+,35+,38+,39+/m1/s1. The molecule has 14 nitrogen and oxygen atoms in total. The van der Waals surface area contributed by atoms with Gasteiger partial charge in [-0.2, -0.15) is 0 Å². The number of methoxy groups -OCH3 is 2. The van der Waals surface area contributed by atoms with Crippen LogP contribution in [0.2, 0.25) is 5.02 Å². The Morgan fingerprint density at radius 1 is 1.26 bits per heavy atom. The maximum absolute atomic E-state index is 14.1. The van der Waals surface area contributed by atoms with Crippen molar-refractivity contribution in [1.29, 1.82) is 0 Å². The number of nitrogens with zero attached hydrogens (tertiary/aromatic N) is 2. The van der Waals surface area contributed by atoms with Crippen LogP contribution < -0.4 is 26.0 Å². The van der Waals surface area contributed by atoms with Crippen molar-refractivity contribution in [2.24, 2.45) is 11.7 Å². The first-order chi connectivity index (χ1) is 25.5. The average molecular weight is 766 g/mol. The van der Waals surface area contributed by atoms with Gasteiger partial charge in [0.2, 0.25) is 5.91 Å². The van der Waals surface area contributed by atoms with Gasteiger partial charge in [0.25, 0.3) is 0 Å². The molecular weight excluding hydrogens is 718 g/mol. The summed E-state index contributed by atoms with van der Waals surface area (Å²) in [4.78, 5) is 46.2. The van der Waals surface area contributed by atoms with Crippen molar-refractivity contribution < 1.29 is 43.2 Å². The van der Waals surface area contributed by atoms with E-state index in [1.165, 1.54) is 25.2 Å². The Balaban J connectivity index is 1.51. The fourth-order valence-corrected chi connectivity index (χ4v) is 7.21. The second kappa shape index (κ2) is 16.2. The van der Waals surface area contributed by atoms with Gasteiger partial charge >= 0.3 is 12.2 Å². The quantitative estimate of drug-likeness (QED) is 0.213. The zero-order valence-electron chi connectivity index (χ0n) is 31.5. The monoisotopic (exact) mass is 765 g/mol. The first-order valence-corrected chi connectivity index (χ1v) is 17.8. The number of aliphatic hydroxyl groups is 1. The number of halogens is 1. The number of benzene rings is 1. The number of fused-ring (bicyclic) bond motifs is 5. The lowest BCUT2D eigenvalue weighted by Gasteiger charge is -2.42. The van der Waals surface area contributed by atoms with E-state index in [0.717, 1.165) is 22.3 Å². The molecule has 0 aliphatic carbocycles. The van der Waals surface area contributed by atoms with Gasteiger partial charge in [-0.05, 0) is 74.2 Å². The number of allylic oxidation sites excluding steroid dienone is 4. The van der Waals surface area contributed by atoms with Crippen LogP contribution in [0, 0.1) is 12.8 Å². The highest BCUT2D eigenvalue weighted by molar-refractivity contribution is 6.35. The van der Waals surface area contributed by atoms with Gasteiger partial charge in [-0.1, -0.05) is 48.9 Å². The summed E-state index contributed by atoms with van der Waals surface area (Å²) >= 11 is 6.76. The SMILES string of the molecule is C=C/C(N)=C\c1cnc(NC(=O)O[C@H]2CC(=O)N(C)c3cc(cc(OC)c3Cl)C/C(C)=C/C=C/[C@@H](OC)[C@@]3(O)C[C@H](OC(=O)N3)[C@@H](C)[C@@H]3O[C@@]23C)cc1C. The van der Waals surface area contributed by atoms with Gasteiger partial charge in [0.15, 0.2) is 5.72 Å². The largest absolute Gasteiger partial charge is 0.495 e. The Morgan fingerprint density at radius 2 is 2.00 bits per heavy atom. The molecule has 7 atom stereocenters. The molecule has 290 valence electrons. The molecule has 3 amide bonds. The summed E-state index contributed by atoms with van der Waals surface area (Å²) in [6.07, 6.45) is 4.85. The number of nitrogens with two attached hydrogens (primary N) is 1. The number of aryl methyl sites for hydroxylation is 1. The number of carbonyl (C=O) groups excluding carboxylic acids is 3. The fourth-order valence-electron chi connectivity index (χ4n) is 6.89. The van der Waals surface area contributed by atoms with E-state index in [4.69, 9.17) is 41.0 Å². The topological polar surface area (TPSA) is 187 Å². The third-order valence-corrected chi connectivity index (χ3v) is 10.5. The van der Waals surface area contributed by atoms with Crippen LogP contribution >= 0.6 is 11.6 Å². The molecule has 0 radical (unpaired) electrons. The lowest BCUT2D eigenvalue weighted by Crippen LogP contribution is -2.63. The number of hydrogen-bond donors (Lipinski definition) is 4. The zero-order valence-corrected chi connectivity index (χ0v) is 32.2. The van der Waals surface area contributed by atoms with Crippen LogP contribution in [0.15, 0.2) is 66.5 Å². The number of anilines is 2. The minimum Gasteiger partial charge on any atom is -0.495 e. The van der Waals surface area contributed by atoms with Crippen molar-refractivity contribution >= 4 is 47.3 Å². The van der Waals surface area contributed by atoms with Crippen molar-refractivity contribution in [3.05, 3.63) is 88.3 Å². The molecule has 3 aliphatic rings. The van der Waals surface area contributed by atoms with E-state index in [0.29, 0.717) is 23.6 Å². The normalized spacial score (nSPS) is 30.5. The van der Waals surface area contributed by atoms with Crippen LogP contribution in [0.3, 0.4) is 0 Å². The molecule has 1 aromatic carbocycles. The Hall–Kier alpha value is -4.89. The predicted octanol–water partition coefficient (Wildman–Crippen LogP) is 5.56. The Morgan fingerprint density at radius 3 is 2.67 bits per heavy atom. The molecule has 2 saturated heterocycles. The predicted molar refractivity (Wildman–Crippen MR) is 204 cm³/mol. The number of ether oxygens (including phenoxy) is 5. The summed E-state index contributed by atoms with van der Waals surface area (Å²) in [5.41, 5.74) is 6.96. The number of nitrogens with one attached hydrogen (secondary N) is 2. The molecule has 3 aliphatic heterocycles. The molecular formula is C39H48ClN5O9. The Kier molecular flexibility index (Phi) is 12.1. The summed E-state index contributed by atoms with van der Waals surface area (Å²) in [5.74, 6) is -0.372. The van der Waals surface area contributed by atoms with Crippen molar-refractivity contribution in [3.8, 4) is 5.75 Å². The van der Waals surface area contributed by atoms with Crippen LogP contribution in [0.5, 0.6) is 5.75 Å². The number of hydrogen-bond acceptors (Lipinski definition) is 11. The number of aromatic nitrogens is 1. The maximum Gasteiger partial charge on any atom is 0.413 e. The van der Waals surface area contributed by atoms with Crippen LogP contribution in [0.1, 0.15) is 50.3 Å². The molecule has 54 heavy (non-hydrogen) atoms. The molecule has 4 bridgehead atoms. The third-order valence-electron chi connectivity index (χ3n) is 10.1. The lowest BCUT2D eigenvalue weighted by atomic mass is 9.83. The van der Waals surface area contributed by atoms with E-state index in [9.17, 15) is 19.5 Å². The number of amides is 3. The number of rotatable bonds is 6. The minimum absolute atomic E-state index is 0.0478. The molecule has 0 saturated carbocycles. The van der Waals surface area contributed by atoms with Crippen LogP contribution in [0.4, 0.5) is 21.1 Å². The molecule has 0 unspecified atom stereocenters. The third kappa shape index (κ3) is 8.73. The highest BCUT2D eigenvalue weighted by atomic mass is 35.5. The molecule has 0 spiro atoms. The average Bonchev–Trinajstić information content (AvgIpc) is 3.82. The lowest BCUT2D eigenvalue weighted by molar-refractivity contribution is -0.142. The summed E-state index contributed by atoms with van der Waals surface area (Å²) in [6.45, 7) is 10.9. The molecule has 2 fully saturated rings. The first kappa shape index (κ1) is 40.3. The van der Waals surface area contributed by atoms with Gasteiger partial charge in [0.05, 0.1) is 25.3 Å². The van der Waals surface area contributed by atoms with Crippen molar-refractivity contribution in [2.75, 3.05) is 31.5 Å². The Bertz CT molecular complexity index is 1900. The van der Waals surface area contributed by atoms with Crippen LogP contribution in [0.25, 0.3) is 6.08 Å². The van der Waals surface area contributed by atoms with Gasteiger partial charge < -0.3 is 39.4 Å². The van der Waals surface area contributed by atoms with Crippen LogP contribution in [-0.2, 0) is 30.2 Å². The van der Waals surface area contributed by atoms with E-state index in [1.54, 1.807) is 63.5 Å². The minimum atomic E-state index is -1.82. The number of alkyl carbamates (subject to hydrolysis) is 1. The van der Waals surface area contributed by atoms with Crippen molar-refractivity contribution in [2.45, 2.75) is 82.7 Å². The van der Waals surface area contributed by atoms with E-state index in [2.05, 4.69) is 22.2 Å². The van der Waals surface area contributed by atoms with Gasteiger partial charge in [-0.3, -0.25) is 15.4 Å². The van der Waals surface area contributed by atoms with E-state index < -0.39 is 59.8 Å². The van der Waals surface area contributed by atoms with E-state index in [1.807, 2.05) is 19.9 Å². The van der Waals surface area contributed by atoms with E-state index >= 15 is 0 Å². The Labute approximate surface area is 319 Å². The van der Waals surface area contributed by atoms with Gasteiger partial charge in [-0.15, -0.1) is 0 Å². The highest BCUT2D eigenvalue weighted by Crippen LogP contribution is 2.49. The molecule has 15 heteroatoms. The molecule has 1 aromatic heterocycles. The second-order valence-corrected chi connectivity index (χ2v) is 14.5. The summed E-state index contributed by atoms with van der Waals surface area (Å²) < 4.78 is 29.1. The summed E-state index contributed by atoms with van der Waals surface area (Å²) in [7, 11) is 4.50. The number of carbonyl (C=O) groups is 3. The van der Waals surface area contributed by atoms with Crippen LogP contribution in [-0.4, -0.2) is 85.2 Å². The maximum atomic E-state index is 14.1. The summed E-state index contributed by atoms with van der Waals surface area (Å²) in [5, 5.41) is 17.1. The number of pyridine rings is 1. The smallest absolute Gasteiger partial charge is 0.413 e.